The molecule has 6 heteroatoms. The summed E-state index contributed by atoms with van der Waals surface area (Å²) in [6, 6.07) is 5.02. The van der Waals surface area contributed by atoms with Crippen LogP contribution in [0.1, 0.15) is 18.4 Å². The minimum Gasteiger partial charge on any atom is -0.319 e. The maximum Gasteiger partial charge on any atom is 0.243 e. The van der Waals surface area contributed by atoms with E-state index in [0.29, 0.717) is 28.9 Å². The molecule has 0 bridgehead atoms. The van der Waals surface area contributed by atoms with E-state index in [-0.39, 0.29) is 0 Å². The van der Waals surface area contributed by atoms with E-state index in [1.807, 2.05) is 7.05 Å². The lowest BCUT2D eigenvalue weighted by Gasteiger charge is -2.31. The molecule has 1 aliphatic heterocycles. The van der Waals surface area contributed by atoms with Crippen molar-refractivity contribution in [2.45, 2.75) is 24.7 Å². The van der Waals surface area contributed by atoms with Gasteiger partial charge in [0.15, 0.2) is 0 Å². The summed E-state index contributed by atoms with van der Waals surface area (Å²) in [5.41, 5.74) is 0.742. The molecule has 1 aromatic rings. The number of hydrogen-bond donors (Lipinski definition) is 1. The fourth-order valence-corrected chi connectivity index (χ4v) is 4.59. The first-order valence-electron chi connectivity index (χ1n) is 6.86. The Bertz CT molecular complexity index is 567. The molecule has 112 valence electrons. The summed E-state index contributed by atoms with van der Waals surface area (Å²) >= 11 is 5.93. The lowest BCUT2D eigenvalue weighted by molar-refractivity contribution is 0.270. The number of halogens is 1. The largest absolute Gasteiger partial charge is 0.319 e. The van der Waals surface area contributed by atoms with Gasteiger partial charge < -0.3 is 5.32 Å². The van der Waals surface area contributed by atoms with Crippen LogP contribution in [0.5, 0.6) is 0 Å². The Labute approximate surface area is 126 Å². The zero-order valence-corrected chi connectivity index (χ0v) is 13.5. The maximum absolute atomic E-state index is 12.7. The van der Waals surface area contributed by atoms with Crippen LogP contribution in [-0.4, -0.2) is 39.4 Å². The van der Waals surface area contributed by atoms with E-state index < -0.39 is 10.0 Å². The lowest BCUT2D eigenvalue weighted by atomic mass is 9.98. The molecule has 0 aromatic heterocycles. The standard InChI is InChI=1S/C14H21ClN2O2S/c1-11-3-4-13(15)9-14(11)20(18,19)17-7-5-12(6-8-17)10-16-2/h3-4,9,12,16H,5-8,10H2,1-2H3. The van der Waals surface area contributed by atoms with Gasteiger partial charge in [-0.15, -0.1) is 0 Å². The summed E-state index contributed by atoms with van der Waals surface area (Å²) in [5, 5.41) is 3.61. The number of benzene rings is 1. The molecule has 0 atom stereocenters. The topological polar surface area (TPSA) is 49.4 Å². The highest BCUT2D eigenvalue weighted by Crippen LogP contribution is 2.27. The summed E-state index contributed by atoms with van der Waals surface area (Å²) < 4.78 is 26.9. The number of aryl methyl sites for hydroxylation is 1. The molecule has 0 aliphatic carbocycles. The van der Waals surface area contributed by atoms with Gasteiger partial charge in [-0.05, 0) is 57.0 Å². The highest BCUT2D eigenvalue weighted by molar-refractivity contribution is 7.89. The van der Waals surface area contributed by atoms with Gasteiger partial charge in [0.1, 0.15) is 0 Å². The molecule has 2 rings (SSSR count). The minimum atomic E-state index is -3.43. The number of hydrogen-bond acceptors (Lipinski definition) is 3. The van der Waals surface area contributed by atoms with Gasteiger partial charge in [0, 0.05) is 18.1 Å². The smallest absolute Gasteiger partial charge is 0.243 e. The van der Waals surface area contributed by atoms with Gasteiger partial charge in [0.25, 0.3) is 0 Å². The summed E-state index contributed by atoms with van der Waals surface area (Å²) in [5.74, 6) is 0.562. The second-order valence-electron chi connectivity index (χ2n) is 5.31. The Kier molecular flexibility index (Phi) is 5.07. The van der Waals surface area contributed by atoms with Crippen LogP contribution in [0.25, 0.3) is 0 Å². The van der Waals surface area contributed by atoms with E-state index in [1.165, 1.54) is 0 Å². The number of piperidine rings is 1. The molecule has 4 nitrogen and oxygen atoms in total. The van der Waals surface area contributed by atoms with Crippen molar-refractivity contribution in [3.8, 4) is 0 Å². The molecule has 1 aliphatic rings. The Hall–Kier alpha value is -0.620. The third kappa shape index (κ3) is 3.34. The van der Waals surface area contributed by atoms with E-state index in [1.54, 1.807) is 29.4 Å². The molecule has 1 aromatic carbocycles. The molecule has 1 saturated heterocycles. The van der Waals surface area contributed by atoms with Gasteiger partial charge in [0.2, 0.25) is 10.0 Å². The van der Waals surface area contributed by atoms with Crippen molar-refractivity contribution in [2.24, 2.45) is 5.92 Å². The van der Waals surface area contributed by atoms with E-state index in [4.69, 9.17) is 11.6 Å². The average molecular weight is 317 g/mol. The van der Waals surface area contributed by atoms with Crippen LogP contribution in [0, 0.1) is 12.8 Å². The van der Waals surface area contributed by atoms with Crippen LogP contribution < -0.4 is 5.32 Å². The number of nitrogens with zero attached hydrogens (tertiary/aromatic N) is 1. The summed E-state index contributed by atoms with van der Waals surface area (Å²) in [4.78, 5) is 0.331. The Morgan fingerprint density at radius 1 is 1.35 bits per heavy atom. The predicted octanol–water partition coefficient (Wildman–Crippen LogP) is 2.27. The third-order valence-corrected chi connectivity index (χ3v) is 6.11. The first kappa shape index (κ1) is 15.8. The molecule has 1 N–H and O–H groups in total. The Morgan fingerprint density at radius 2 is 2.00 bits per heavy atom. The minimum absolute atomic E-state index is 0.331. The van der Waals surface area contributed by atoms with Crippen molar-refractivity contribution in [1.82, 2.24) is 9.62 Å². The molecule has 0 radical (unpaired) electrons. The van der Waals surface area contributed by atoms with Gasteiger partial charge in [-0.25, -0.2) is 8.42 Å². The van der Waals surface area contributed by atoms with Gasteiger partial charge in [0.05, 0.1) is 4.90 Å². The van der Waals surface area contributed by atoms with Crippen LogP contribution in [0.4, 0.5) is 0 Å². The van der Waals surface area contributed by atoms with Crippen molar-refractivity contribution in [3.05, 3.63) is 28.8 Å². The van der Waals surface area contributed by atoms with Gasteiger partial charge in [-0.3, -0.25) is 0 Å². The van der Waals surface area contributed by atoms with E-state index in [2.05, 4.69) is 5.32 Å². The fraction of sp³-hybridized carbons (Fsp3) is 0.571. The van der Waals surface area contributed by atoms with Gasteiger partial charge in [-0.2, -0.15) is 4.31 Å². The number of nitrogens with one attached hydrogen (secondary N) is 1. The third-order valence-electron chi connectivity index (χ3n) is 3.83. The van der Waals surface area contributed by atoms with Crippen LogP contribution in [0.2, 0.25) is 5.02 Å². The Morgan fingerprint density at radius 3 is 2.60 bits per heavy atom. The van der Waals surface area contributed by atoms with Gasteiger partial charge in [-0.1, -0.05) is 17.7 Å². The summed E-state index contributed by atoms with van der Waals surface area (Å²) in [7, 11) is -1.50. The zero-order chi connectivity index (χ0) is 14.8. The molecule has 0 saturated carbocycles. The van der Waals surface area contributed by atoms with Crippen molar-refractivity contribution in [3.63, 3.8) is 0 Å². The van der Waals surface area contributed by atoms with Crippen LogP contribution in [0.15, 0.2) is 23.1 Å². The second kappa shape index (κ2) is 6.43. The molecular weight excluding hydrogens is 296 g/mol. The molecule has 0 spiro atoms. The second-order valence-corrected chi connectivity index (χ2v) is 7.66. The normalized spacial score (nSPS) is 18.4. The first-order chi connectivity index (χ1) is 9.45. The van der Waals surface area contributed by atoms with Crippen LogP contribution in [-0.2, 0) is 10.0 Å². The van der Waals surface area contributed by atoms with Crippen molar-refractivity contribution in [2.75, 3.05) is 26.7 Å². The fourth-order valence-electron chi connectivity index (χ4n) is 2.63. The SMILES string of the molecule is CNCC1CCN(S(=O)(=O)c2cc(Cl)ccc2C)CC1. The van der Waals surface area contributed by atoms with Crippen molar-refractivity contribution in [1.29, 1.82) is 0 Å². The monoisotopic (exact) mass is 316 g/mol. The first-order valence-corrected chi connectivity index (χ1v) is 8.68. The quantitative estimate of drug-likeness (QED) is 0.927. The number of sulfonamides is 1. The molecule has 1 fully saturated rings. The highest BCUT2D eigenvalue weighted by atomic mass is 35.5. The zero-order valence-electron chi connectivity index (χ0n) is 11.9. The molecule has 0 unspecified atom stereocenters. The maximum atomic E-state index is 12.7. The van der Waals surface area contributed by atoms with Crippen molar-refractivity contribution >= 4 is 21.6 Å². The van der Waals surface area contributed by atoms with Gasteiger partial charge >= 0.3 is 0 Å². The lowest BCUT2D eigenvalue weighted by Crippen LogP contribution is -2.40. The van der Waals surface area contributed by atoms with Crippen molar-refractivity contribution < 1.29 is 8.42 Å². The average Bonchev–Trinajstić information content (AvgIpc) is 2.42. The Balaban J connectivity index is 2.18. The molecular formula is C14H21ClN2O2S. The number of rotatable bonds is 4. The van der Waals surface area contributed by atoms with E-state index in [9.17, 15) is 8.42 Å². The summed E-state index contributed by atoms with van der Waals surface area (Å²) in [6.07, 6.45) is 1.80. The summed E-state index contributed by atoms with van der Waals surface area (Å²) in [6.45, 7) is 3.92. The van der Waals surface area contributed by atoms with Crippen LogP contribution >= 0.6 is 11.6 Å². The molecule has 1 heterocycles. The molecule has 20 heavy (non-hydrogen) atoms. The van der Waals surface area contributed by atoms with E-state index in [0.717, 1.165) is 24.9 Å². The van der Waals surface area contributed by atoms with E-state index >= 15 is 0 Å². The molecule has 0 amide bonds. The predicted molar refractivity (Wildman–Crippen MR) is 81.6 cm³/mol. The highest BCUT2D eigenvalue weighted by Gasteiger charge is 2.30. The van der Waals surface area contributed by atoms with Crippen LogP contribution in [0.3, 0.4) is 0 Å².